The Bertz CT molecular complexity index is 1710. The molecule has 1 aromatic carbocycles. The summed E-state index contributed by atoms with van der Waals surface area (Å²) in [7, 11) is -1.96. The normalized spacial score (nSPS) is 13.6. The second-order valence-corrected chi connectivity index (χ2v) is 12.6. The molecule has 1 saturated carbocycles. The number of carbonyl (C=O) groups excluding carboxylic acids is 1. The van der Waals surface area contributed by atoms with Gasteiger partial charge in [-0.2, -0.15) is 0 Å². The Morgan fingerprint density at radius 3 is 2.45 bits per heavy atom. The molecule has 5 rings (SSSR count). The van der Waals surface area contributed by atoms with Gasteiger partial charge in [-0.25, -0.2) is 28.2 Å². The third kappa shape index (κ3) is 5.82. The summed E-state index contributed by atoms with van der Waals surface area (Å²) in [5.74, 6) is -0.945. The highest BCUT2D eigenvalue weighted by Crippen LogP contribution is 2.34. The molecule has 3 aromatic heterocycles. The summed E-state index contributed by atoms with van der Waals surface area (Å²) < 4.78 is 41.5. The van der Waals surface area contributed by atoms with E-state index >= 15 is 0 Å². The van der Waals surface area contributed by atoms with Crippen LogP contribution >= 0.6 is 11.3 Å². The molecule has 0 spiro atoms. The van der Waals surface area contributed by atoms with Crippen LogP contribution in [0.3, 0.4) is 0 Å². The summed E-state index contributed by atoms with van der Waals surface area (Å²) in [6, 6.07) is 10.4. The van der Waals surface area contributed by atoms with E-state index in [0.717, 1.165) is 11.3 Å². The predicted molar refractivity (Wildman–Crippen MR) is 145 cm³/mol. The number of aromatic nitrogens is 3. The smallest absolute Gasteiger partial charge is 0.347 e. The van der Waals surface area contributed by atoms with Crippen molar-refractivity contribution in [2.45, 2.75) is 42.6 Å². The number of fused-ring (bicyclic) bond motifs is 1. The monoisotopic (exact) mass is 584 g/mol. The SMILES string of the molecule is COc1ccc2nc(NC(=O)c3cc(Oc4ccc(S(=O)(=O)C5CC5)nc4)cc(OC(C)(C)C(=O)O)c3)sc2n1. The first kappa shape index (κ1) is 27.3. The molecule has 1 fully saturated rings. The number of rotatable bonds is 10. The number of benzene rings is 1. The van der Waals surface area contributed by atoms with Gasteiger partial charge >= 0.3 is 5.97 Å². The number of methoxy groups -OCH3 is 1. The molecule has 0 atom stereocenters. The Kier molecular flexibility index (Phi) is 7.06. The summed E-state index contributed by atoms with van der Waals surface area (Å²) in [4.78, 5) is 38.1. The lowest BCUT2D eigenvalue weighted by Gasteiger charge is -2.22. The van der Waals surface area contributed by atoms with Crippen LogP contribution in [0.1, 0.15) is 37.0 Å². The molecular formula is C26H24N4O8S2. The van der Waals surface area contributed by atoms with Crippen molar-refractivity contribution in [3.63, 3.8) is 0 Å². The van der Waals surface area contributed by atoms with E-state index in [4.69, 9.17) is 14.2 Å². The Balaban J connectivity index is 1.42. The molecule has 0 saturated heterocycles. The van der Waals surface area contributed by atoms with Crippen LogP contribution in [-0.2, 0) is 14.6 Å². The fraction of sp³-hybridized carbons (Fsp3) is 0.269. The number of carboxylic acid groups (broad SMARTS) is 1. The highest BCUT2D eigenvalue weighted by molar-refractivity contribution is 7.92. The molecular weight excluding hydrogens is 560 g/mol. The first-order valence-corrected chi connectivity index (χ1v) is 14.4. The Hall–Kier alpha value is -4.30. The first-order valence-electron chi connectivity index (χ1n) is 12.0. The van der Waals surface area contributed by atoms with Crippen LogP contribution in [0.4, 0.5) is 5.13 Å². The minimum atomic E-state index is -3.46. The summed E-state index contributed by atoms with van der Waals surface area (Å²) >= 11 is 1.15. The van der Waals surface area contributed by atoms with Gasteiger partial charge in [0.05, 0.1) is 18.6 Å². The van der Waals surface area contributed by atoms with Crippen molar-refractivity contribution in [2.24, 2.45) is 0 Å². The van der Waals surface area contributed by atoms with Gasteiger partial charge < -0.3 is 19.3 Å². The maximum absolute atomic E-state index is 13.2. The van der Waals surface area contributed by atoms with Crippen molar-refractivity contribution in [3.8, 4) is 23.1 Å². The van der Waals surface area contributed by atoms with E-state index in [9.17, 15) is 23.1 Å². The number of hydrogen-bond donors (Lipinski definition) is 2. The lowest BCUT2D eigenvalue weighted by Crippen LogP contribution is -2.37. The molecule has 12 nitrogen and oxygen atoms in total. The molecule has 3 heterocycles. The van der Waals surface area contributed by atoms with Gasteiger partial charge in [0.25, 0.3) is 5.91 Å². The van der Waals surface area contributed by atoms with Crippen molar-refractivity contribution in [2.75, 3.05) is 12.4 Å². The van der Waals surface area contributed by atoms with Crippen LogP contribution < -0.4 is 19.5 Å². The van der Waals surface area contributed by atoms with Crippen LogP contribution in [0.25, 0.3) is 10.3 Å². The van der Waals surface area contributed by atoms with Gasteiger partial charge in [-0.05, 0) is 57.0 Å². The van der Waals surface area contributed by atoms with Crippen molar-refractivity contribution >= 4 is 48.5 Å². The third-order valence-electron chi connectivity index (χ3n) is 5.89. The van der Waals surface area contributed by atoms with Crippen LogP contribution in [0.2, 0.25) is 0 Å². The molecule has 2 N–H and O–H groups in total. The molecule has 208 valence electrons. The number of carboxylic acids is 1. The summed E-state index contributed by atoms with van der Waals surface area (Å²) in [6.45, 7) is 2.74. The van der Waals surface area contributed by atoms with Crippen LogP contribution in [-0.4, -0.2) is 58.3 Å². The third-order valence-corrected chi connectivity index (χ3v) is 8.94. The molecule has 1 aliphatic rings. The number of hydrogen-bond acceptors (Lipinski definition) is 11. The zero-order valence-corrected chi connectivity index (χ0v) is 23.2. The van der Waals surface area contributed by atoms with Gasteiger partial charge in [0.1, 0.15) is 27.6 Å². The molecule has 0 unspecified atom stereocenters. The summed E-state index contributed by atoms with van der Waals surface area (Å²) in [5.41, 5.74) is -0.936. The van der Waals surface area contributed by atoms with Gasteiger partial charge in [0, 0.05) is 17.7 Å². The second kappa shape index (κ2) is 10.4. The first-order chi connectivity index (χ1) is 18.9. The minimum absolute atomic E-state index is 0.0364. The highest BCUT2D eigenvalue weighted by atomic mass is 32.2. The Labute approximate surface area is 232 Å². The van der Waals surface area contributed by atoms with Crippen molar-refractivity contribution in [1.82, 2.24) is 15.0 Å². The van der Waals surface area contributed by atoms with Gasteiger partial charge in [0.2, 0.25) is 5.88 Å². The molecule has 0 radical (unpaired) electrons. The van der Waals surface area contributed by atoms with E-state index in [1.54, 1.807) is 12.1 Å². The largest absolute Gasteiger partial charge is 0.481 e. The number of ether oxygens (including phenoxy) is 3. The molecule has 14 heteroatoms. The topological polar surface area (TPSA) is 167 Å². The molecule has 40 heavy (non-hydrogen) atoms. The summed E-state index contributed by atoms with van der Waals surface area (Å²) in [6.07, 6.45) is 2.51. The van der Waals surface area contributed by atoms with E-state index in [2.05, 4.69) is 20.3 Å². The van der Waals surface area contributed by atoms with E-state index < -0.39 is 32.6 Å². The molecule has 0 bridgehead atoms. The number of aliphatic carboxylic acids is 1. The predicted octanol–water partition coefficient (Wildman–Crippen LogP) is 4.32. The number of thiazole rings is 1. The number of amides is 1. The maximum atomic E-state index is 13.2. The Morgan fingerprint density at radius 2 is 1.80 bits per heavy atom. The fourth-order valence-electron chi connectivity index (χ4n) is 3.58. The number of carbonyl (C=O) groups is 2. The average Bonchev–Trinajstić information content (AvgIpc) is 3.69. The maximum Gasteiger partial charge on any atom is 0.347 e. The standard InChI is InChI=1S/C26H24N4O8S2/c1-26(2,24(32)33)38-17-11-14(22(31)30-25-28-19-7-8-20(36-3)29-23(19)39-25)10-16(12-17)37-15-4-9-21(27-13-15)40(34,35)18-5-6-18/h4,7-13,18H,5-6H2,1-3H3,(H,32,33)(H,28,30,31). The molecule has 4 aromatic rings. The number of pyridine rings is 2. The highest BCUT2D eigenvalue weighted by Gasteiger charge is 2.37. The summed E-state index contributed by atoms with van der Waals surface area (Å²) in [5, 5.41) is 12.1. The molecule has 1 amide bonds. The lowest BCUT2D eigenvalue weighted by molar-refractivity contribution is -0.152. The van der Waals surface area contributed by atoms with E-state index in [0.29, 0.717) is 29.1 Å². The lowest BCUT2D eigenvalue weighted by atomic mass is 10.1. The van der Waals surface area contributed by atoms with E-state index in [-0.39, 0.29) is 33.0 Å². The number of sulfone groups is 1. The van der Waals surface area contributed by atoms with Crippen LogP contribution in [0.15, 0.2) is 53.7 Å². The minimum Gasteiger partial charge on any atom is -0.481 e. The van der Waals surface area contributed by atoms with Crippen molar-refractivity contribution in [1.29, 1.82) is 0 Å². The van der Waals surface area contributed by atoms with E-state index in [1.165, 1.54) is 57.5 Å². The Morgan fingerprint density at radius 1 is 1.05 bits per heavy atom. The fourth-order valence-corrected chi connectivity index (χ4v) is 5.96. The van der Waals surface area contributed by atoms with Gasteiger partial charge in [-0.3, -0.25) is 10.1 Å². The van der Waals surface area contributed by atoms with Gasteiger partial charge in [-0.15, -0.1) is 0 Å². The molecule has 0 aliphatic heterocycles. The van der Waals surface area contributed by atoms with Crippen LogP contribution in [0, 0.1) is 0 Å². The van der Waals surface area contributed by atoms with Crippen molar-refractivity contribution in [3.05, 3.63) is 54.2 Å². The van der Waals surface area contributed by atoms with Gasteiger partial charge in [0.15, 0.2) is 25.6 Å². The van der Waals surface area contributed by atoms with Crippen LogP contribution in [0.5, 0.6) is 23.1 Å². The quantitative estimate of drug-likeness (QED) is 0.272. The number of nitrogens with one attached hydrogen (secondary N) is 1. The average molecular weight is 585 g/mol. The molecule has 1 aliphatic carbocycles. The number of nitrogens with zero attached hydrogens (tertiary/aromatic N) is 3. The van der Waals surface area contributed by atoms with E-state index in [1.807, 2.05) is 0 Å². The van der Waals surface area contributed by atoms with Crippen molar-refractivity contribution < 1.29 is 37.3 Å². The second-order valence-electron chi connectivity index (χ2n) is 9.44. The number of anilines is 1. The van der Waals surface area contributed by atoms with Gasteiger partial charge in [-0.1, -0.05) is 11.3 Å². The zero-order chi connectivity index (χ0) is 28.7. The zero-order valence-electron chi connectivity index (χ0n) is 21.6.